The van der Waals surface area contributed by atoms with Crippen molar-refractivity contribution < 1.29 is 0 Å². The van der Waals surface area contributed by atoms with Gasteiger partial charge in [-0.2, -0.15) is 0 Å². The van der Waals surface area contributed by atoms with E-state index < -0.39 is 7.67 Å². The minimum Gasteiger partial charge on any atom is -0.322 e. The summed E-state index contributed by atoms with van der Waals surface area (Å²) in [7, 11) is 15.2. The highest BCUT2D eigenvalue weighted by atomic mass is 36.2. The van der Waals surface area contributed by atoms with E-state index in [0.29, 0.717) is 0 Å². The molecule has 0 saturated heterocycles. The fraction of sp³-hybridized carbons (Fsp3) is 0.333. The summed E-state index contributed by atoms with van der Waals surface area (Å²) in [5.74, 6) is 0. The molecule has 1 aromatic carbocycles. The van der Waals surface area contributed by atoms with Crippen molar-refractivity contribution in [2.24, 2.45) is 5.73 Å². The maximum absolute atomic E-state index is 5.92. The summed E-state index contributed by atoms with van der Waals surface area (Å²) in [5, 5.41) is 0. The van der Waals surface area contributed by atoms with E-state index in [4.69, 9.17) is 37.8 Å². The highest BCUT2D eigenvalue weighted by Crippen LogP contribution is 2.69. The molecule has 0 aliphatic heterocycles. The van der Waals surface area contributed by atoms with Gasteiger partial charge in [0.25, 0.3) is 0 Å². The van der Waals surface area contributed by atoms with Gasteiger partial charge in [-0.3, -0.25) is 0 Å². The van der Waals surface area contributed by atoms with Crippen LogP contribution in [-0.4, -0.2) is 0 Å². The molecule has 2 N–H and O–H groups in total. The Morgan fingerprint density at radius 2 is 1.50 bits per heavy atom. The van der Waals surface area contributed by atoms with Crippen LogP contribution >= 0.6 is 39.7 Å². The summed E-state index contributed by atoms with van der Waals surface area (Å²) in [6.45, 7) is 3.87. The van der Waals surface area contributed by atoms with Gasteiger partial charge >= 0.3 is 0 Å². The Morgan fingerprint density at radius 3 is 1.79 bits per heavy atom. The lowest BCUT2D eigenvalue weighted by Crippen LogP contribution is -2.28. The van der Waals surface area contributed by atoms with Gasteiger partial charge in [-0.25, -0.2) is 0 Å². The second kappa shape index (κ2) is 4.11. The van der Waals surface area contributed by atoms with Gasteiger partial charge in [0.05, 0.1) is 0 Å². The first-order valence-electron chi connectivity index (χ1n) is 4.03. The maximum atomic E-state index is 5.92. The zero-order valence-electron chi connectivity index (χ0n) is 7.93. The van der Waals surface area contributed by atoms with Crippen molar-refractivity contribution in [2.75, 3.05) is 0 Å². The Hall–Kier alpha value is 0.400. The number of nitrogens with two attached hydrogens (primary N) is 1. The monoisotopic (exact) mass is 271 g/mol. The van der Waals surface area contributed by atoms with Crippen LogP contribution in [0.15, 0.2) is 29.2 Å². The average Bonchev–Trinajstić information content (AvgIpc) is 2.01. The van der Waals surface area contributed by atoms with Gasteiger partial charge in [0.1, 0.15) is 0 Å². The summed E-state index contributed by atoms with van der Waals surface area (Å²) in [5.41, 5.74) is 6.59. The minimum atomic E-state index is -2.19. The van der Waals surface area contributed by atoms with Crippen LogP contribution in [-0.2, 0) is 5.54 Å². The predicted octanol–water partition coefficient (Wildman–Crippen LogP) is 4.51. The van der Waals surface area contributed by atoms with Crippen molar-refractivity contribution in [3.05, 3.63) is 29.8 Å². The van der Waals surface area contributed by atoms with Gasteiger partial charge in [0.2, 0.25) is 0 Å². The molecule has 0 spiro atoms. The van der Waals surface area contributed by atoms with Crippen molar-refractivity contribution in [3.8, 4) is 0 Å². The fourth-order valence-electron chi connectivity index (χ4n) is 1.04. The first-order valence-corrected chi connectivity index (χ1v) is 8.14. The lowest BCUT2D eigenvalue weighted by molar-refractivity contribution is 0.554. The van der Waals surface area contributed by atoms with Crippen LogP contribution in [0.4, 0.5) is 0 Å². The number of benzene rings is 1. The third-order valence-corrected chi connectivity index (χ3v) is 4.28. The molecule has 1 nitrogen and oxygen atoms in total. The molecule has 80 valence electrons. The number of rotatable bonds is 2. The lowest BCUT2D eigenvalue weighted by atomic mass is 9.96. The Kier molecular flexibility index (Phi) is 3.66. The summed E-state index contributed by atoms with van der Waals surface area (Å²) in [4.78, 5) is 0.732. The molecule has 14 heavy (non-hydrogen) atoms. The van der Waals surface area contributed by atoms with E-state index in [1.165, 1.54) is 0 Å². The molecule has 0 amide bonds. The molecule has 0 unspecified atom stereocenters. The molecule has 0 radical (unpaired) electrons. The normalized spacial score (nSPS) is 14.1. The number of hydrogen-bond acceptors (Lipinski definition) is 1. The van der Waals surface area contributed by atoms with Crippen LogP contribution in [0, 0.1) is 0 Å². The van der Waals surface area contributed by atoms with Crippen LogP contribution in [0.25, 0.3) is 0 Å². The molecule has 0 aliphatic rings. The predicted molar refractivity (Wildman–Crippen MR) is 67.1 cm³/mol. The van der Waals surface area contributed by atoms with Crippen LogP contribution in [0.2, 0.25) is 0 Å². The van der Waals surface area contributed by atoms with Crippen molar-refractivity contribution >= 4 is 39.7 Å². The largest absolute Gasteiger partial charge is 0.322 e. The molecule has 0 atom stereocenters. The summed E-state index contributed by atoms with van der Waals surface area (Å²) < 4.78 is 0. The molecular formula is C9H12Cl3NS. The third-order valence-electron chi connectivity index (χ3n) is 1.87. The van der Waals surface area contributed by atoms with E-state index in [0.717, 1.165) is 10.5 Å². The second-order valence-corrected chi connectivity index (χ2v) is 10.5. The molecular weight excluding hydrogens is 261 g/mol. The van der Waals surface area contributed by atoms with Crippen molar-refractivity contribution in [3.63, 3.8) is 0 Å². The van der Waals surface area contributed by atoms with Crippen molar-refractivity contribution in [2.45, 2.75) is 24.3 Å². The first kappa shape index (κ1) is 12.5. The topological polar surface area (TPSA) is 26.0 Å². The fourth-order valence-corrected chi connectivity index (χ4v) is 2.41. The van der Waals surface area contributed by atoms with E-state index in [1.54, 1.807) is 0 Å². The molecule has 0 fully saturated rings. The van der Waals surface area contributed by atoms with Gasteiger partial charge in [-0.05, 0) is 63.6 Å². The molecule has 0 aromatic heterocycles. The van der Waals surface area contributed by atoms with E-state index >= 15 is 0 Å². The van der Waals surface area contributed by atoms with E-state index in [-0.39, 0.29) is 5.54 Å². The van der Waals surface area contributed by atoms with Gasteiger partial charge in [-0.1, -0.05) is 12.1 Å². The van der Waals surface area contributed by atoms with Crippen LogP contribution in [0.1, 0.15) is 19.4 Å². The highest BCUT2D eigenvalue weighted by molar-refractivity contribution is 8.79. The highest BCUT2D eigenvalue weighted by Gasteiger charge is 2.19. The Morgan fingerprint density at radius 1 is 1.07 bits per heavy atom. The van der Waals surface area contributed by atoms with E-state index in [9.17, 15) is 0 Å². The maximum Gasteiger partial charge on any atom is 0.0352 e. The van der Waals surface area contributed by atoms with Crippen molar-refractivity contribution in [1.29, 1.82) is 0 Å². The SMILES string of the molecule is CC(C)(N)c1ccc(S(Cl)(Cl)Cl)cc1. The van der Waals surface area contributed by atoms with Gasteiger partial charge in [0, 0.05) is 18.1 Å². The zero-order valence-corrected chi connectivity index (χ0v) is 11.0. The lowest BCUT2D eigenvalue weighted by Gasteiger charge is -2.21. The van der Waals surface area contributed by atoms with Gasteiger partial charge in [-0.15, -0.1) is 0 Å². The molecule has 0 bridgehead atoms. The third kappa shape index (κ3) is 3.21. The second-order valence-electron chi connectivity index (χ2n) is 3.65. The standard InChI is InChI=1S/C9H12Cl3NS/c1-9(2,13)7-3-5-8(6-4-7)14(10,11)12/h3-6H,13H2,1-2H3. The Bertz CT molecular complexity index is 277. The van der Waals surface area contributed by atoms with Crippen molar-refractivity contribution in [1.82, 2.24) is 0 Å². The summed E-state index contributed by atoms with van der Waals surface area (Å²) in [6, 6.07) is 7.41. The molecule has 5 heteroatoms. The number of hydrogen-bond donors (Lipinski definition) is 1. The van der Waals surface area contributed by atoms with Gasteiger partial charge in [0.15, 0.2) is 0 Å². The molecule has 1 aromatic rings. The smallest absolute Gasteiger partial charge is 0.0352 e. The van der Waals surface area contributed by atoms with E-state index in [1.807, 2.05) is 38.1 Å². The minimum absolute atomic E-state index is 0.360. The van der Waals surface area contributed by atoms with Gasteiger partial charge < -0.3 is 5.73 Å². The quantitative estimate of drug-likeness (QED) is 0.842. The molecule has 0 heterocycles. The first-order chi connectivity index (χ1) is 6.21. The average molecular weight is 273 g/mol. The Balaban J connectivity index is 3.02. The Labute approximate surface area is 99.3 Å². The molecule has 0 aliphatic carbocycles. The molecule has 0 saturated carbocycles. The number of halogens is 3. The van der Waals surface area contributed by atoms with E-state index in [2.05, 4.69) is 0 Å². The summed E-state index contributed by atoms with van der Waals surface area (Å²) >= 11 is 0. The van der Waals surface area contributed by atoms with Crippen LogP contribution in [0.5, 0.6) is 0 Å². The summed E-state index contributed by atoms with van der Waals surface area (Å²) in [6.07, 6.45) is 0. The van der Waals surface area contributed by atoms with Crippen LogP contribution in [0.3, 0.4) is 0 Å². The van der Waals surface area contributed by atoms with Crippen LogP contribution < -0.4 is 5.73 Å². The molecule has 1 rings (SSSR count). The zero-order chi connectivity index (χ0) is 11.0.